The summed E-state index contributed by atoms with van der Waals surface area (Å²) in [5, 5.41) is 3.47. The number of hydrogen-bond donors (Lipinski definition) is 1. The lowest BCUT2D eigenvalue weighted by Gasteiger charge is -2.25. The molecule has 0 unspecified atom stereocenters. The Morgan fingerprint density at radius 2 is 2.20 bits per heavy atom. The third-order valence-corrected chi connectivity index (χ3v) is 2.04. The summed E-state index contributed by atoms with van der Waals surface area (Å²) in [4.78, 5) is 2.40. The SMILES string of the molecule is C[C@H]1CN(C)CCCCN1. The fourth-order valence-corrected chi connectivity index (χ4v) is 1.48. The Morgan fingerprint density at radius 1 is 1.40 bits per heavy atom. The van der Waals surface area contributed by atoms with Crippen LogP contribution in [0.25, 0.3) is 0 Å². The average Bonchev–Trinajstić information content (AvgIpc) is 1.83. The molecule has 0 radical (unpaired) electrons. The topological polar surface area (TPSA) is 15.3 Å². The Bertz CT molecular complexity index is 83.3. The first-order chi connectivity index (χ1) is 4.79. The van der Waals surface area contributed by atoms with Gasteiger partial charge in [0.25, 0.3) is 0 Å². The molecule has 2 nitrogen and oxygen atoms in total. The van der Waals surface area contributed by atoms with Gasteiger partial charge in [-0.2, -0.15) is 0 Å². The van der Waals surface area contributed by atoms with Crippen molar-refractivity contribution in [1.82, 2.24) is 10.2 Å². The highest BCUT2D eigenvalue weighted by molar-refractivity contribution is 4.68. The standard InChI is InChI=1S/C8H18N2/c1-8-7-10(2)6-4-3-5-9-8/h8-9H,3-7H2,1-2H3/t8-/m0/s1. The van der Waals surface area contributed by atoms with Crippen LogP contribution >= 0.6 is 0 Å². The van der Waals surface area contributed by atoms with Crippen LogP contribution in [0, 0.1) is 0 Å². The van der Waals surface area contributed by atoms with Crippen molar-refractivity contribution in [2.75, 3.05) is 26.7 Å². The lowest BCUT2D eigenvalue weighted by Crippen LogP contribution is -2.40. The Kier molecular flexibility index (Phi) is 3.16. The smallest absolute Gasteiger partial charge is 0.0166 e. The number of nitrogens with zero attached hydrogens (tertiary/aromatic N) is 1. The van der Waals surface area contributed by atoms with E-state index in [1.807, 2.05) is 0 Å². The van der Waals surface area contributed by atoms with E-state index in [4.69, 9.17) is 0 Å². The van der Waals surface area contributed by atoms with Gasteiger partial charge in [-0.15, -0.1) is 0 Å². The van der Waals surface area contributed by atoms with E-state index in [1.165, 1.54) is 32.5 Å². The van der Waals surface area contributed by atoms with Gasteiger partial charge in [-0.05, 0) is 39.9 Å². The first kappa shape index (κ1) is 8.02. The third kappa shape index (κ3) is 2.67. The van der Waals surface area contributed by atoms with Crippen molar-refractivity contribution in [1.29, 1.82) is 0 Å². The predicted molar refractivity (Wildman–Crippen MR) is 44.2 cm³/mol. The quantitative estimate of drug-likeness (QED) is 0.535. The molecule has 60 valence electrons. The maximum Gasteiger partial charge on any atom is 0.0166 e. The molecule has 10 heavy (non-hydrogen) atoms. The number of likely N-dealkylation sites (N-methyl/N-ethyl adjacent to an activating group) is 1. The zero-order valence-corrected chi connectivity index (χ0v) is 7.06. The van der Waals surface area contributed by atoms with Crippen LogP contribution < -0.4 is 5.32 Å². The van der Waals surface area contributed by atoms with Gasteiger partial charge in [0.1, 0.15) is 0 Å². The molecular formula is C8H18N2. The van der Waals surface area contributed by atoms with Gasteiger partial charge >= 0.3 is 0 Å². The number of nitrogens with one attached hydrogen (secondary N) is 1. The van der Waals surface area contributed by atoms with Gasteiger partial charge < -0.3 is 10.2 Å². The molecule has 1 saturated heterocycles. The van der Waals surface area contributed by atoms with Crippen LogP contribution in [0.3, 0.4) is 0 Å². The molecule has 1 N–H and O–H groups in total. The highest BCUT2D eigenvalue weighted by Gasteiger charge is 2.07. The number of hydrogen-bond acceptors (Lipinski definition) is 2. The molecule has 0 aromatic heterocycles. The maximum atomic E-state index is 3.47. The minimum absolute atomic E-state index is 0.672. The van der Waals surface area contributed by atoms with E-state index in [2.05, 4.69) is 24.2 Å². The van der Waals surface area contributed by atoms with Crippen LogP contribution in [0.1, 0.15) is 19.8 Å². The minimum Gasteiger partial charge on any atom is -0.313 e. The molecule has 2 heteroatoms. The van der Waals surface area contributed by atoms with E-state index in [1.54, 1.807) is 0 Å². The monoisotopic (exact) mass is 142 g/mol. The third-order valence-electron chi connectivity index (χ3n) is 2.04. The summed E-state index contributed by atoms with van der Waals surface area (Å²) in [6.07, 6.45) is 2.67. The van der Waals surface area contributed by atoms with Crippen molar-refractivity contribution in [3.63, 3.8) is 0 Å². The zero-order valence-electron chi connectivity index (χ0n) is 7.06. The van der Waals surface area contributed by atoms with Crippen LogP contribution in [-0.2, 0) is 0 Å². The molecule has 0 saturated carbocycles. The molecule has 0 aliphatic carbocycles. The molecular weight excluding hydrogens is 124 g/mol. The van der Waals surface area contributed by atoms with Crippen LogP contribution in [0.5, 0.6) is 0 Å². The van der Waals surface area contributed by atoms with Gasteiger partial charge in [0, 0.05) is 12.6 Å². The molecule has 0 bridgehead atoms. The second-order valence-electron chi connectivity index (χ2n) is 3.32. The van der Waals surface area contributed by atoms with Crippen LogP contribution in [-0.4, -0.2) is 37.6 Å². The van der Waals surface area contributed by atoms with Crippen LogP contribution in [0.4, 0.5) is 0 Å². The van der Waals surface area contributed by atoms with E-state index in [0.29, 0.717) is 6.04 Å². The largest absolute Gasteiger partial charge is 0.313 e. The fourth-order valence-electron chi connectivity index (χ4n) is 1.48. The number of rotatable bonds is 0. The first-order valence-corrected chi connectivity index (χ1v) is 4.21. The predicted octanol–water partition coefficient (Wildman–Crippen LogP) is 0.690. The van der Waals surface area contributed by atoms with E-state index < -0.39 is 0 Å². The summed E-state index contributed by atoms with van der Waals surface area (Å²) < 4.78 is 0. The summed E-state index contributed by atoms with van der Waals surface area (Å²) in [5.41, 5.74) is 0. The highest BCUT2D eigenvalue weighted by atomic mass is 15.1. The molecule has 0 spiro atoms. The van der Waals surface area contributed by atoms with Crippen molar-refractivity contribution in [3.8, 4) is 0 Å². The maximum absolute atomic E-state index is 3.47. The van der Waals surface area contributed by atoms with E-state index in [0.717, 1.165) is 0 Å². The van der Waals surface area contributed by atoms with E-state index >= 15 is 0 Å². The molecule has 1 rings (SSSR count). The minimum atomic E-state index is 0.672. The Morgan fingerprint density at radius 3 is 3.00 bits per heavy atom. The second-order valence-corrected chi connectivity index (χ2v) is 3.32. The molecule has 1 aliphatic heterocycles. The Labute approximate surface area is 63.6 Å². The van der Waals surface area contributed by atoms with E-state index in [-0.39, 0.29) is 0 Å². The normalized spacial score (nSPS) is 31.2. The summed E-state index contributed by atoms with van der Waals surface area (Å²) in [6, 6.07) is 0.672. The molecule has 0 aromatic carbocycles. The summed E-state index contributed by atoms with van der Waals surface area (Å²) in [5.74, 6) is 0. The van der Waals surface area contributed by atoms with Crippen LogP contribution in [0.2, 0.25) is 0 Å². The van der Waals surface area contributed by atoms with Crippen molar-refractivity contribution >= 4 is 0 Å². The fraction of sp³-hybridized carbons (Fsp3) is 1.00. The second kappa shape index (κ2) is 3.94. The summed E-state index contributed by atoms with van der Waals surface area (Å²) >= 11 is 0. The van der Waals surface area contributed by atoms with Gasteiger partial charge in [-0.1, -0.05) is 0 Å². The average molecular weight is 142 g/mol. The molecule has 1 atom stereocenters. The molecule has 1 heterocycles. The van der Waals surface area contributed by atoms with Gasteiger partial charge in [-0.25, -0.2) is 0 Å². The van der Waals surface area contributed by atoms with Gasteiger partial charge in [0.2, 0.25) is 0 Å². The van der Waals surface area contributed by atoms with Crippen molar-refractivity contribution in [3.05, 3.63) is 0 Å². The summed E-state index contributed by atoms with van der Waals surface area (Å²) in [6.45, 7) is 5.92. The Balaban J connectivity index is 2.25. The summed E-state index contributed by atoms with van der Waals surface area (Å²) in [7, 11) is 2.20. The van der Waals surface area contributed by atoms with Crippen molar-refractivity contribution in [2.24, 2.45) is 0 Å². The molecule has 1 fully saturated rings. The van der Waals surface area contributed by atoms with Crippen LogP contribution in [0.15, 0.2) is 0 Å². The van der Waals surface area contributed by atoms with Gasteiger partial charge in [0.05, 0.1) is 0 Å². The zero-order chi connectivity index (χ0) is 7.40. The molecule has 1 aliphatic rings. The first-order valence-electron chi connectivity index (χ1n) is 4.21. The lowest BCUT2D eigenvalue weighted by molar-refractivity contribution is 0.271. The van der Waals surface area contributed by atoms with Crippen molar-refractivity contribution in [2.45, 2.75) is 25.8 Å². The molecule has 0 amide bonds. The molecule has 0 aromatic rings. The van der Waals surface area contributed by atoms with E-state index in [9.17, 15) is 0 Å². The van der Waals surface area contributed by atoms with Gasteiger partial charge in [-0.3, -0.25) is 0 Å². The highest BCUT2D eigenvalue weighted by Crippen LogP contribution is 1.98. The van der Waals surface area contributed by atoms with Crippen molar-refractivity contribution < 1.29 is 0 Å². The lowest BCUT2D eigenvalue weighted by atomic mass is 10.2. The Hall–Kier alpha value is -0.0800. The van der Waals surface area contributed by atoms with Gasteiger partial charge in [0.15, 0.2) is 0 Å².